The summed E-state index contributed by atoms with van der Waals surface area (Å²) in [6, 6.07) is 9.06. The largest absolute Gasteiger partial charge is 0.466 e. The van der Waals surface area contributed by atoms with Crippen molar-refractivity contribution in [2.45, 2.75) is 13.3 Å². The minimum absolute atomic E-state index is 0.172. The molecule has 0 saturated heterocycles. The van der Waals surface area contributed by atoms with Gasteiger partial charge in [0.25, 0.3) is 0 Å². The number of rotatable bonds is 7. The normalized spacial score (nSPS) is 10.7. The van der Waals surface area contributed by atoms with Crippen molar-refractivity contribution in [3.8, 4) is 0 Å². The summed E-state index contributed by atoms with van der Waals surface area (Å²) in [4.78, 5) is 34.3. The molecule has 0 unspecified atom stereocenters. The number of hydrogen-bond acceptors (Lipinski definition) is 6. The zero-order valence-electron chi connectivity index (χ0n) is 12.5. The van der Waals surface area contributed by atoms with Crippen molar-refractivity contribution < 1.29 is 28.6 Å². The summed E-state index contributed by atoms with van der Waals surface area (Å²) in [5, 5.41) is 0. The molecule has 1 aromatic rings. The van der Waals surface area contributed by atoms with E-state index in [0.717, 1.165) is 5.56 Å². The first-order chi connectivity index (χ1) is 10.6. The van der Waals surface area contributed by atoms with Crippen LogP contribution in [0.2, 0.25) is 0 Å². The Morgan fingerprint density at radius 3 is 2.27 bits per heavy atom. The van der Waals surface area contributed by atoms with E-state index in [2.05, 4.69) is 9.47 Å². The van der Waals surface area contributed by atoms with E-state index < -0.39 is 24.3 Å². The highest BCUT2D eigenvalue weighted by atomic mass is 16.6. The Labute approximate surface area is 128 Å². The third-order valence-corrected chi connectivity index (χ3v) is 2.57. The molecule has 0 bridgehead atoms. The lowest BCUT2D eigenvalue weighted by Gasteiger charge is -2.07. The van der Waals surface area contributed by atoms with Crippen LogP contribution in [0.4, 0.5) is 0 Å². The number of benzene rings is 1. The average molecular weight is 306 g/mol. The van der Waals surface area contributed by atoms with Crippen LogP contribution in [0.5, 0.6) is 0 Å². The molecule has 118 valence electrons. The fraction of sp³-hybridized carbons (Fsp3) is 0.312. The van der Waals surface area contributed by atoms with E-state index in [-0.39, 0.29) is 18.8 Å². The topological polar surface area (TPSA) is 78.9 Å². The second-order valence-corrected chi connectivity index (χ2v) is 4.21. The van der Waals surface area contributed by atoms with Gasteiger partial charge in [0.15, 0.2) is 0 Å². The third-order valence-electron chi connectivity index (χ3n) is 2.57. The number of methoxy groups -OCH3 is 1. The Hall–Kier alpha value is -2.63. The maximum Gasteiger partial charge on any atom is 0.337 e. The van der Waals surface area contributed by atoms with Crippen LogP contribution in [0.3, 0.4) is 0 Å². The zero-order valence-corrected chi connectivity index (χ0v) is 12.5. The summed E-state index contributed by atoms with van der Waals surface area (Å²) in [6.45, 7) is 1.55. The standard InChI is InChI=1S/C16H18O6/c1-3-21-14(17)10-15(18)22-11-13(16(19)20-2)9-12-7-5-4-6-8-12/h4-9H,3,10-11H2,1-2H3/b13-9+. The van der Waals surface area contributed by atoms with Gasteiger partial charge in [-0.3, -0.25) is 9.59 Å². The molecular weight excluding hydrogens is 288 g/mol. The molecule has 0 spiro atoms. The van der Waals surface area contributed by atoms with Gasteiger partial charge in [-0.1, -0.05) is 30.3 Å². The Balaban J connectivity index is 2.67. The summed E-state index contributed by atoms with van der Waals surface area (Å²) in [5.74, 6) is -2.03. The van der Waals surface area contributed by atoms with Crippen molar-refractivity contribution in [2.75, 3.05) is 20.3 Å². The summed E-state index contributed by atoms with van der Waals surface area (Å²) < 4.78 is 14.2. The van der Waals surface area contributed by atoms with Crippen molar-refractivity contribution in [3.05, 3.63) is 41.5 Å². The second kappa shape index (κ2) is 9.33. The van der Waals surface area contributed by atoms with Crippen LogP contribution in [0.1, 0.15) is 18.9 Å². The molecule has 0 aliphatic rings. The highest BCUT2D eigenvalue weighted by molar-refractivity contribution is 5.95. The first-order valence-electron chi connectivity index (χ1n) is 6.72. The summed E-state index contributed by atoms with van der Waals surface area (Å²) >= 11 is 0. The molecule has 0 N–H and O–H groups in total. The van der Waals surface area contributed by atoms with Gasteiger partial charge in [0.2, 0.25) is 0 Å². The van der Waals surface area contributed by atoms with Crippen molar-refractivity contribution in [1.82, 2.24) is 0 Å². The molecule has 6 heteroatoms. The maximum absolute atomic E-state index is 11.7. The van der Waals surface area contributed by atoms with E-state index in [4.69, 9.17) is 4.74 Å². The number of carbonyl (C=O) groups excluding carboxylic acids is 3. The van der Waals surface area contributed by atoms with Crippen molar-refractivity contribution in [1.29, 1.82) is 0 Å². The van der Waals surface area contributed by atoms with Crippen molar-refractivity contribution >= 4 is 24.0 Å². The number of ether oxygens (including phenoxy) is 3. The Morgan fingerprint density at radius 1 is 1.05 bits per heavy atom. The van der Waals surface area contributed by atoms with Gasteiger partial charge >= 0.3 is 17.9 Å². The molecule has 1 rings (SSSR count). The molecule has 0 aromatic heterocycles. The first-order valence-corrected chi connectivity index (χ1v) is 6.72. The lowest BCUT2D eigenvalue weighted by atomic mass is 10.1. The van der Waals surface area contributed by atoms with E-state index in [1.807, 2.05) is 18.2 Å². The van der Waals surface area contributed by atoms with Gasteiger partial charge in [0.05, 0.1) is 19.3 Å². The minimum atomic E-state index is -0.763. The molecule has 0 atom stereocenters. The van der Waals surface area contributed by atoms with Crippen LogP contribution in [0.15, 0.2) is 35.9 Å². The zero-order chi connectivity index (χ0) is 16.4. The molecule has 22 heavy (non-hydrogen) atoms. The molecule has 6 nitrogen and oxygen atoms in total. The fourth-order valence-electron chi connectivity index (χ4n) is 1.58. The van der Waals surface area contributed by atoms with E-state index >= 15 is 0 Å². The molecule has 0 heterocycles. The van der Waals surface area contributed by atoms with Crippen molar-refractivity contribution in [2.24, 2.45) is 0 Å². The lowest BCUT2D eigenvalue weighted by molar-refractivity contribution is -0.153. The SMILES string of the molecule is CCOC(=O)CC(=O)OC/C(=C\c1ccccc1)C(=O)OC. The number of carbonyl (C=O) groups is 3. The van der Waals surface area contributed by atoms with E-state index in [1.54, 1.807) is 25.1 Å². The smallest absolute Gasteiger partial charge is 0.337 e. The van der Waals surface area contributed by atoms with Gasteiger partial charge in [-0.25, -0.2) is 4.79 Å². The van der Waals surface area contributed by atoms with Crippen LogP contribution in [-0.4, -0.2) is 38.2 Å². The Morgan fingerprint density at radius 2 is 1.68 bits per heavy atom. The molecule has 0 fully saturated rings. The highest BCUT2D eigenvalue weighted by Gasteiger charge is 2.16. The molecule has 0 aliphatic carbocycles. The van der Waals surface area contributed by atoms with Gasteiger partial charge in [-0.05, 0) is 18.6 Å². The van der Waals surface area contributed by atoms with Crippen LogP contribution >= 0.6 is 0 Å². The monoisotopic (exact) mass is 306 g/mol. The average Bonchev–Trinajstić information content (AvgIpc) is 2.51. The summed E-state index contributed by atoms with van der Waals surface area (Å²) in [7, 11) is 1.24. The first kappa shape index (κ1) is 17.4. The van der Waals surface area contributed by atoms with Crippen LogP contribution in [0, 0.1) is 0 Å². The highest BCUT2D eigenvalue weighted by Crippen LogP contribution is 2.09. The lowest BCUT2D eigenvalue weighted by Crippen LogP contribution is -2.17. The second-order valence-electron chi connectivity index (χ2n) is 4.21. The molecule has 0 amide bonds. The molecule has 0 aliphatic heterocycles. The fourth-order valence-corrected chi connectivity index (χ4v) is 1.58. The van der Waals surface area contributed by atoms with Gasteiger partial charge in [-0.15, -0.1) is 0 Å². The maximum atomic E-state index is 11.7. The van der Waals surface area contributed by atoms with E-state index in [9.17, 15) is 14.4 Å². The number of hydrogen-bond donors (Lipinski definition) is 0. The van der Waals surface area contributed by atoms with Gasteiger partial charge in [-0.2, -0.15) is 0 Å². The van der Waals surface area contributed by atoms with Crippen LogP contribution < -0.4 is 0 Å². The van der Waals surface area contributed by atoms with E-state index in [1.165, 1.54) is 7.11 Å². The van der Waals surface area contributed by atoms with Crippen molar-refractivity contribution in [3.63, 3.8) is 0 Å². The van der Waals surface area contributed by atoms with Gasteiger partial charge in [0, 0.05) is 0 Å². The number of esters is 3. The van der Waals surface area contributed by atoms with Crippen LogP contribution in [-0.2, 0) is 28.6 Å². The summed E-state index contributed by atoms with van der Waals surface area (Å²) in [6.07, 6.45) is 1.07. The molecule has 0 saturated carbocycles. The predicted molar refractivity (Wildman–Crippen MR) is 78.6 cm³/mol. The minimum Gasteiger partial charge on any atom is -0.466 e. The quantitative estimate of drug-likeness (QED) is 0.330. The molecule has 1 aromatic carbocycles. The Bertz CT molecular complexity index is 547. The third kappa shape index (κ3) is 6.21. The predicted octanol–water partition coefficient (Wildman–Crippen LogP) is 1.74. The van der Waals surface area contributed by atoms with Gasteiger partial charge in [0.1, 0.15) is 13.0 Å². The van der Waals surface area contributed by atoms with Gasteiger partial charge < -0.3 is 14.2 Å². The summed E-state index contributed by atoms with van der Waals surface area (Å²) in [5.41, 5.74) is 0.940. The Kier molecular flexibility index (Phi) is 7.39. The van der Waals surface area contributed by atoms with Crippen LogP contribution in [0.25, 0.3) is 6.08 Å². The molecule has 0 radical (unpaired) electrons. The molecular formula is C16H18O6. The van der Waals surface area contributed by atoms with E-state index in [0.29, 0.717) is 0 Å².